The van der Waals surface area contributed by atoms with Crippen LogP contribution in [0.4, 0.5) is 21.0 Å². The van der Waals surface area contributed by atoms with Crippen molar-refractivity contribution in [2.24, 2.45) is 29.4 Å². The molecule has 67 heavy (non-hydrogen) atoms. The highest BCUT2D eigenvalue weighted by Crippen LogP contribution is 2.22. The van der Waals surface area contributed by atoms with Crippen molar-refractivity contribution in [3.8, 4) is 0 Å². The number of carbonyl (C=O) groups is 10. The number of nitrogens with two attached hydrogens (primary N) is 1. The van der Waals surface area contributed by atoms with Gasteiger partial charge in [-0.15, -0.1) is 0 Å². The number of anilines is 2. The zero-order valence-corrected chi connectivity index (χ0v) is 38.5. The number of aliphatic hydroxyl groups excluding tert-OH is 1. The summed E-state index contributed by atoms with van der Waals surface area (Å²) in [5, 5.41) is 51.5. The number of aliphatic carboxylic acids is 3. The highest BCUT2D eigenvalue weighted by molar-refractivity contribution is 6.00. The van der Waals surface area contributed by atoms with Gasteiger partial charge in [0.1, 0.15) is 5.78 Å². The lowest BCUT2D eigenvalue weighted by molar-refractivity contribution is -0.148. The molecule has 0 heterocycles. The highest BCUT2D eigenvalue weighted by Gasteiger charge is 2.34. The Hall–Kier alpha value is -6.70. The number of nitrogens with one attached hydrogen (secondary N) is 5. The number of amides is 6. The van der Waals surface area contributed by atoms with Crippen LogP contribution < -0.4 is 32.3 Å². The van der Waals surface area contributed by atoms with Crippen molar-refractivity contribution >= 4 is 70.5 Å². The maximum atomic E-state index is 14.1. The van der Waals surface area contributed by atoms with E-state index in [1.54, 1.807) is 50.2 Å². The molecule has 6 amide bonds. The van der Waals surface area contributed by atoms with Gasteiger partial charge < -0.3 is 52.7 Å². The summed E-state index contributed by atoms with van der Waals surface area (Å²) in [5.74, 6) is -11.3. The number of Topliss-reactive ketones (excluding diaryl/α,β-unsaturated/α-hetero) is 3. The largest absolute Gasteiger partial charge is 0.481 e. The average molecular weight is 939 g/mol. The summed E-state index contributed by atoms with van der Waals surface area (Å²) in [5.41, 5.74) is 7.70. The lowest BCUT2D eigenvalue weighted by Gasteiger charge is -2.26. The number of carboxylic acids is 3. The molecule has 0 spiro atoms. The number of aliphatic hydroxyl groups is 1. The first-order chi connectivity index (χ1) is 31.6. The minimum absolute atomic E-state index is 0.0546. The van der Waals surface area contributed by atoms with Gasteiger partial charge >= 0.3 is 30.0 Å². The summed E-state index contributed by atoms with van der Waals surface area (Å²) >= 11 is 0. The minimum atomic E-state index is -1.47. The van der Waals surface area contributed by atoms with E-state index in [1.165, 1.54) is 6.92 Å². The lowest BCUT2D eigenvalue weighted by Crippen LogP contribution is -2.48. The molecule has 20 heteroatoms. The number of primary amides is 1. The second kappa shape index (κ2) is 29.0. The molecule has 20 nitrogen and oxygen atoms in total. The van der Waals surface area contributed by atoms with Gasteiger partial charge in [0, 0.05) is 68.3 Å². The molecular weight excluding hydrogens is 873 g/mol. The Morgan fingerprint density at radius 2 is 1.25 bits per heavy atom. The van der Waals surface area contributed by atoms with Gasteiger partial charge in [-0.2, -0.15) is 0 Å². The van der Waals surface area contributed by atoms with Crippen molar-refractivity contribution in [2.45, 2.75) is 129 Å². The van der Waals surface area contributed by atoms with Crippen LogP contribution in [-0.4, -0.2) is 104 Å². The maximum Gasteiger partial charge on any atom is 0.323 e. The van der Waals surface area contributed by atoms with Crippen LogP contribution in [0.25, 0.3) is 0 Å². The topological polar surface area (TPSA) is 338 Å². The van der Waals surface area contributed by atoms with E-state index in [2.05, 4.69) is 26.6 Å². The second-order valence-corrected chi connectivity index (χ2v) is 17.2. The number of rotatable bonds is 32. The van der Waals surface area contributed by atoms with Crippen molar-refractivity contribution in [1.82, 2.24) is 16.0 Å². The van der Waals surface area contributed by atoms with E-state index in [0.717, 1.165) is 5.56 Å². The Kier molecular flexibility index (Phi) is 24.5. The number of carboxylic acid groups (broad SMARTS) is 3. The number of hydrogen-bond acceptors (Lipinski definition) is 11. The Morgan fingerprint density at radius 1 is 0.657 bits per heavy atom. The molecule has 1 unspecified atom stereocenters. The van der Waals surface area contributed by atoms with Crippen LogP contribution in [0.2, 0.25) is 0 Å². The molecule has 0 saturated heterocycles. The van der Waals surface area contributed by atoms with E-state index in [1.807, 2.05) is 19.1 Å². The maximum absolute atomic E-state index is 14.1. The molecule has 0 bridgehead atoms. The number of carbonyl (C=O) groups excluding carboxylic acids is 7. The zero-order valence-electron chi connectivity index (χ0n) is 38.5. The summed E-state index contributed by atoms with van der Waals surface area (Å²) in [6, 6.07) is 9.91. The second-order valence-electron chi connectivity index (χ2n) is 17.2. The van der Waals surface area contributed by atoms with Gasteiger partial charge in [0.15, 0.2) is 11.6 Å². The predicted octanol–water partition coefficient (Wildman–Crippen LogP) is 4.35. The molecule has 0 radical (unpaired) electrons. The zero-order chi connectivity index (χ0) is 50.2. The summed E-state index contributed by atoms with van der Waals surface area (Å²) in [6.45, 7) is 6.74. The first kappa shape index (κ1) is 56.4. The number of aryl methyl sites for hydroxylation is 1. The monoisotopic (exact) mass is 938 g/mol. The molecule has 2 aromatic carbocycles. The van der Waals surface area contributed by atoms with Gasteiger partial charge in [-0.1, -0.05) is 50.6 Å². The minimum Gasteiger partial charge on any atom is -0.481 e. The number of urea groups is 2. The van der Waals surface area contributed by atoms with Crippen molar-refractivity contribution in [3.63, 3.8) is 0 Å². The fraction of sp³-hybridized carbons (Fsp3) is 0.532. The summed E-state index contributed by atoms with van der Waals surface area (Å²) in [7, 11) is 0. The molecule has 0 aliphatic heterocycles. The first-order valence-corrected chi connectivity index (χ1v) is 22.3. The van der Waals surface area contributed by atoms with Crippen molar-refractivity contribution in [2.75, 3.05) is 17.2 Å². The van der Waals surface area contributed by atoms with Crippen molar-refractivity contribution in [1.29, 1.82) is 0 Å². The fourth-order valence-electron chi connectivity index (χ4n) is 7.26. The smallest absolute Gasteiger partial charge is 0.323 e. The Labute approximate surface area is 389 Å². The van der Waals surface area contributed by atoms with Crippen LogP contribution in [0, 0.1) is 30.6 Å². The van der Waals surface area contributed by atoms with Gasteiger partial charge in [0.25, 0.3) is 0 Å². The van der Waals surface area contributed by atoms with E-state index >= 15 is 0 Å². The third-order valence-electron chi connectivity index (χ3n) is 11.0. The van der Waals surface area contributed by atoms with E-state index in [9.17, 15) is 68.4 Å². The Morgan fingerprint density at radius 3 is 1.82 bits per heavy atom. The SMILES string of the molecule is Cc1ccccc1NC(=O)Nc1ccc(CC(=O)C[C@@H](CCCCNC(N)=O)C(=O)N[C@@H](CCCC(=O)O)C(=O)C[C@H](CCC(=O)O)C(=O)N[C@H](CC(C)C)C(=O)C[C@H](C(=O)O)C(C)O)cc1. The number of benzene rings is 2. The molecule has 0 aliphatic carbocycles. The molecule has 2 aromatic rings. The van der Waals surface area contributed by atoms with Gasteiger partial charge in [-0.3, -0.25) is 38.4 Å². The molecule has 2 rings (SSSR count). The average Bonchev–Trinajstić information content (AvgIpc) is 3.23. The summed E-state index contributed by atoms with van der Waals surface area (Å²) < 4.78 is 0. The fourth-order valence-corrected chi connectivity index (χ4v) is 7.26. The lowest BCUT2D eigenvalue weighted by atomic mass is 9.88. The van der Waals surface area contributed by atoms with Gasteiger partial charge in [-0.25, -0.2) is 9.59 Å². The van der Waals surface area contributed by atoms with Crippen LogP contribution in [-0.2, 0) is 44.8 Å². The van der Waals surface area contributed by atoms with E-state index in [0.29, 0.717) is 29.8 Å². The number of hydrogen-bond donors (Lipinski definition) is 10. The Bertz CT molecular complexity index is 2040. The molecule has 11 N–H and O–H groups in total. The highest BCUT2D eigenvalue weighted by atomic mass is 16.4. The van der Waals surface area contributed by atoms with E-state index in [-0.39, 0.29) is 69.6 Å². The van der Waals surface area contributed by atoms with Crippen molar-refractivity contribution < 1.29 is 68.4 Å². The predicted molar refractivity (Wildman–Crippen MR) is 246 cm³/mol. The third-order valence-corrected chi connectivity index (χ3v) is 11.0. The van der Waals surface area contributed by atoms with Crippen molar-refractivity contribution in [3.05, 3.63) is 59.7 Å². The van der Waals surface area contributed by atoms with Crippen LogP contribution in [0.5, 0.6) is 0 Å². The van der Waals surface area contributed by atoms with Crippen LogP contribution in [0.3, 0.4) is 0 Å². The number of para-hydroxylation sites is 1. The molecule has 0 saturated carbocycles. The molecule has 0 aliphatic rings. The van der Waals surface area contributed by atoms with E-state index in [4.69, 9.17) is 5.73 Å². The molecule has 6 atom stereocenters. The summed E-state index contributed by atoms with van der Waals surface area (Å²) in [4.78, 5) is 127. The molecule has 368 valence electrons. The van der Waals surface area contributed by atoms with Gasteiger partial charge in [0.05, 0.1) is 24.1 Å². The molecular formula is C47H66N6O14. The van der Waals surface area contributed by atoms with Crippen LogP contribution in [0.1, 0.15) is 109 Å². The quantitative estimate of drug-likeness (QED) is 0.0456. The molecule has 0 aromatic heterocycles. The van der Waals surface area contributed by atoms with Crippen LogP contribution in [0.15, 0.2) is 48.5 Å². The van der Waals surface area contributed by atoms with E-state index < -0.39 is 109 Å². The van der Waals surface area contributed by atoms with Gasteiger partial charge in [-0.05, 0) is 87.6 Å². The summed E-state index contributed by atoms with van der Waals surface area (Å²) in [6.07, 6.45) is -3.72. The standard InChI is InChI=1S/C47H66N6O14/c1-27(2)22-38(40(57)26-35(29(4)54)45(64)65)52-44(63)32(17-20-42(60)61)25-39(56)37(13-9-14-41(58)59)51-43(62)31(11-7-8-21-49-46(48)66)24-34(55)23-30-15-18-33(19-16-30)50-47(67)53-36-12-6-5-10-28(36)3/h5-6,10,12,15-16,18-19,27,29,31-32,35,37-38,54H,7-9,11,13-14,17,20-26H2,1-4H3,(H,51,62)(H,52,63)(H,58,59)(H,60,61)(H,64,65)(H3,48,49,66)(H2,50,53,67)/t29?,31-,32+,35+,37+,38-/m1/s1. The van der Waals surface area contributed by atoms with Gasteiger partial charge in [0.2, 0.25) is 11.8 Å². The third kappa shape index (κ3) is 22.4. The first-order valence-electron chi connectivity index (χ1n) is 22.3. The van der Waals surface area contributed by atoms with Crippen LogP contribution >= 0.6 is 0 Å². The Balaban J connectivity index is 2.32. The number of unbranched alkanes of at least 4 members (excludes halogenated alkanes) is 1. The number of ketones is 3. The molecule has 0 fully saturated rings. The normalized spacial score (nSPS) is 13.7.